The van der Waals surface area contributed by atoms with E-state index in [9.17, 15) is 0 Å². The van der Waals surface area contributed by atoms with Crippen LogP contribution in [-0.2, 0) is 0 Å². The molecule has 3 N–H and O–H groups in total. The number of methoxy groups -OCH3 is 1. The zero-order valence-electron chi connectivity index (χ0n) is 7.33. The van der Waals surface area contributed by atoms with E-state index in [0.29, 0.717) is 10.8 Å². The van der Waals surface area contributed by atoms with Gasteiger partial charge in [0.2, 0.25) is 0 Å². The van der Waals surface area contributed by atoms with Crippen LogP contribution in [-0.4, -0.2) is 18.8 Å². The first kappa shape index (κ1) is 10.3. The number of hydrogen-bond donors (Lipinski definition) is 2. The summed E-state index contributed by atoms with van der Waals surface area (Å²) in [6.45, 7) is -0.128. The number of benzene rings is 1. The lowest BCUT2D eigenvalue weighted by molar-refractivity contribution is 0.264. The zero-order chi connectivity index (χ0) is 9.84. The second-order valence-corrected chi connectivity index (χ2v) is 3.11. The highest BCUT2D eigenvalue weighted by molar-refractivity contribution is 6.30. The molecule has 0 aromatic heterocycles. The van der Waals surface area contributed by atoms with Gasteiger partial charge in [-0.05, 0) is 18.2 Å². The van der Waals surface area contributed by atoms with E-state index >= 15 is 0 Å². The molecule has 0 unspecified atom stereocenters. The topological polar surface area (TPSA) is 55.5 Å². The van der Waals surface area contributed by atoms with E-state index in [1.54, 1.807) is 25.3 Å². The van der Waals surface area contributed by atoms with Gasteiger partial charge in [0.25, 0.3) is 0 Å². The number of rotatable bonds is 3. The van der Waals surface area contributed by atoms with E-state index in [4.69, 9.17) is 27.2 Å². The summed E-state index contributed by atoms with van der Waals surface area (Å²) >= 11 is 5.78. The Morgan fingerprint density at radius 1 is 1.62 bits per heavy atom. The molecule has 0 aliphatic heterocycles. The molecule has 1 rings (SSSR count). The maximum Gasteiger partial charge on any atom is 0.123 e. The summed E-state index contributed by atoms with van der Waals surface area (Å²) in [5, 5.41) is 9.46. The van der Waals surface area contributed by atoms with Gasteiger partial charge >= 0.3 is 0 Å². The smallest absolute Gasteiger partial charge is 0.123 e. The Hall–Kier alpha value is -0.770. The van der Waals surface area contributed by atoms with Crippen LogP contribution in [0.4, 0.5) is 0 Å². The Bertz CT molecular complexity index is 291. The van der Waals surface area contributed by atoms with Gasteiger partial charge in [0.05, 0.1) is 19.8 Å². The van der Waals surface area contributed by atoms with Crippen molar-refractivity contribution >= 4 is 11.6 Å². The normalized spacial score (nSPS) is 12.6. The molecule has 0 fully saturated rings. The van der Waals surface area contributed by atoms with E-state index in [-0.39, 0.29) is 6.61 Å². The molecule has 0 aliphatic carbocycles. The quantitative estimate of drug-likeness (QED) is 0.776. The minimum atomic E-state index is -0.450. The van der Waals surface area contributed by atoms with Crippen LogP contribution < -0.4 is 10.5 Å². The van der Waals surface area contributed by atoms with Crippen LogP contribution in [0.2, 0.25) is 5.02 Å². The van der Waals surface area contributed by atoms with Crippen LogP contribution in [0.15, 0.2) is 18.2 Å². The van der Waals surface area contributed by atoms with Crippen molar-refractivity contribution in [3.8, 4) is 5.75 Å². The molecule has 0 saturated heterocycles. The average molecular weight is 202 g/mol. The number of aliphatic hydroxyl groups is 1. The van der Waals surface area contributed by atoms with E-state index in [2.05, 4.69) is 0 Å². The van der Waals surface area contributed by atoms with Crippen molar-refractivity contribution in [2.24, 2.45) is 5.73 Å². The Balaban J connectivity index is 3.07. The summed E-state index contributed by atoms with van der Waals surface area (Å²) in [7, 11) is 1.55. The van der Waals surface area contributed by atoms with Crippen LogP contribution in [0.3, 0.4) is 0 Å². The maximum atomic E-state index is 8.88. The summed E-state index contributed by atoms with van der Waals surface area (Å²) in [4.78, 5) is 0. The van der Waals surface area contributed by atoms with Crippen LogP contribution in [0, 0.1) is 0 Å². The fourth-order valence-electron chi connectivity index (χ4n) is 1.09. The molecule has 13 heavy (non-hydrogen) atoms. The predicted octanol–water partition coefficient (Wildman–Crippen LogP) is 1.34. The Morgan fingerprint density at radius 2 is 2.31 bits per heavy atom. The highest BCUT2D eigenvalue weighted by atomic mass is 35.5. The van der Waals surface area contributed by atoms with E-state index < -0.39 is 6.04 Å². The second kappa shape index (κ2) is 4.46. The first-order valence-electron chi connectivity index (χ1n) is 3.89. The first-order chi connectivity index (χ1) is 6.19. The largest absolute Gasteiger partial charge is 0.496 e. The Morgan fingerprint density at radius 3 is 2.85 bits per heavy atom. The molecule has 0 radical (unpaired) electrons. The maximum absolute atomic E-state index is 8.88. The number of hydrogen-bond acceptors (Lipinski definition) is 3. The highest BCUT2D eigenvalue weighted by Crippen LogP contribution is 2.26. The van der Waals surface area contributed by atoms with Gasteiger partial charge in [-0.15, -0.1) is 0 Å². The second-order valence-electron chi connectivity index (χ2n) is 2.68. The van der Waals surface area contributed by atoms with Gasteiger partial charge in [-0.3, -0.25) is 0 Å². The number of ether oxygens (including phenoxy) is 1. The van der Waals surface area contributed by atoms with Gasteiger partial charge in [-0.1, -0.05) is 11.6 Å². The van der Waals surface area contributed by atoms with Crippen LogP contribution >= 0.6 is 11.6 Å². The number of halogens is 1. The molecule has 0 saturated carbocycles. The van der Waals surface area contributed by atoms with E-state index in [1.165, 1.54) is 0 Å². The molecule has 0 heterocycles. The zero-order valence-corrected chi connectivity index (χ0v) is 8.08. The third-order valence-electron chi connectivity index (χ3n) is 1.79. The Labute approximate surface area is 82.1 Å². The van der Waals surface area contributed by atoms with Gasteiger partial charge in [0.15, 0.2) is 0 Å². The number of aliphatic hydroxyl groups excluding tert-OH is 1. The predicted molar refractivity (Wildman–Crippen MR) is 52.0 cm³/mol. The van der Waals surface area contributed by atoms with Crippen molar-refractivity contribution in [2.75, 3.05) is 13.7 Å². The lowest BCUT2D eigenvalue weighted by Crippen LogP contribution is -2.15. The minimum absolute atomic E-state index is 0.128. The van der Waals surface area contributed by atoms with E-state index in [0.717, 1.165) is 5.56 Å². The van der Waals surface area contributed by atoms with Crippen molar-refractivity contribution in [3.05, 3.63) is 28.8 Å². The van der Waals surface area contributed by atoms with Crippen LogP contribution in [0.5, 0.6) is 5.75 Å². The van der Waals surface area contributed by atoms with Crippen molar-refractivity contribution < 1.29 is 9.84 Å². The van der Waals surface area contributed by atoms with Crippen molar-refractivity contribution in [3.63, 3.8) is 0 Å². The van der Waals surface area contributed by atoms with Crippen LogP contribution in [0.1, 0.15) is 11.6 Å². The minimum Gasteiger partial charge on any atom is -0.496 e. The molecule has 0 aliphatic rings. The molecule has 0 bridgehead atoms. The van der Waals surface area contributed by atoms with Gasteiger partial charge in [-0.2, -0.15) is 0 Å². The van der Waals surface area contributed by atoms with Crippen LogP contribution in [0.25, 0.3) is 0 Å². The van der Waals surface area contributed by atoms with Gasteiger partial charge < -0.3 is 15.6 Å². The number of nitrogens with two attached hydrogens (primary N) is 1. The fourth-order valence-corrected chi connectivity index (χ4v) is 1.27. The lowest BCUT2D eigenvalue weighted by Gasteiger charge is -2.13. The average Bonchev–Trinajstić information content (AvgIpc) is 2.16. The third kappa shape index (κ3) is 2.34. The monoisotopic (exact) mass is 201 g/mol. The summed E-state index contributed by atoms with van der Waals surface area (Å²) in [6, 6.07) is 4.69. The molecule has 0 spiro atoms. The first-order valence-corrected chi connectivity index (χ1v) is 4.26. The van der Waals surface area contributed by atoms with Gasteiger partial charge in [-0.25, -0.2) is 0 Å². The lowest BCUT2D eigenvalue weighted by atomic mass is 10.1. The van der Waals surface area contributed by atoms with Crippen molar-refractivity contribution in [1.29, 1.82) is 0 Å². The third-order valence-corrected chi connectivity index (χ3v) is 2.02. The molecule has 72 valence electrons. The SMILES string of the molecule is COc1ccc(Cl)cc1[C@H](N)CO. The van der Waals surface area contributed by atoms with E-state index in [1.807, 2.05) is 0 Å². The summed E-state index contributed by atoms with van der Waals surface area (Å²) in [5.74, 6) is 0.644. The molecule has 1 aromatic rings. The highest BCUT2D eigenvalue weighted by Gasteiger charge is 2.10. The van der Waals surface area contributed by atoms with Gasteiger partial charge in [0, 0.05) is 10.6 Å². The molecular weight excluding hydrogens is 190 g/mol. The standard InChI is InChI=1S/C9H12ClNO2/c1-13-9-3-2-6(10)4-7(9)8(11)5-12/h2-4,8,12H,5,11H2,1H3/t8-/m1/s1. The molecule has 4 heteroatoms. The molecule has 0 amide bonds. The molecule has 1 atom stereocenters. The molecular formula is C9H12ClNO2. The fraction of sp³-hybridized carbons (Fsp3) is 0.333. The summed E-state index contributed by atoms with van der Waals surface area (Å²) in [6.07, 6.45) is 0. The van der Waals surface area contributed by atoms with Crippen molar-refractivity contribution in [2.45, 2.75) is 6.04 Å². The molecule has 3 nitrogen and oxygen atoms in total. The van der Waals surface area contributed by atoms with Crippen molar-refractivity contribution in [1.82, 2.24) is 0 Å². The Kier molecular flexibility index (Phi) is 3.54. The summed E-state index contributed by atoms with van der Waals surface area (Å²) in [5.41, 5.74) is 6.37. The van der Waals surface area contributed by atoms with Gasteiger partial charge in [0.1, 0.15) is 5.75 Å². The summed E-state index contributed by atoms with van der Waals surface area (Å²) < 4.78 is 5.07. The molecule has 1 aromatic carbocycles.